The summed E-state index contributed by atoms with van der Waals surface area (Å²) in [6.07, 6.45) is 4.10. The Morgan fingerprint density at radius 2 is 1.95 bits per heavy atom. The molecule has 0 radical (unpaired) electrons. The zero-order chi connectivity index (χ0) is 13.7. The summed E-state index contributed by atoms with van der Waals surface area (Å²) in [5.74, 6) is 0.966. The molecule has 0 unspecified atom stereocenters. The maximum absolute atomic E-state index is 7.24. The van der Waals surface area contributed by atoms with Gasteiger partial charge in [-0.2, -0.15) is 0 Å². The second kappa shape index (κ2) is 6.00. The van der Waals surface area contributed by atoms with Crippen molar-refractivity contribution >= 4 is 5.84 Å². The third-order valence-corrected chi connectivity index (χ3v) is 2.66. The van der Waals surface area contributed by atoms with Gasteiger partial charge in [0, 0.05) is 24.4 Å². The number of aryl methyl sites for hydroxylation is 1. The van der Waals surface area contributed by atoms with Crippen molar-refractivity contribution in [1.82, 2.24) is 4.98 Å². The van der Waals surface area contributed by atoms with Gasteiger partial charge in [0.25, 0.3) is 0 Å². The van der Waals surface area contributed by atoms with Gasteiger partial charge < -0.3 is 10.5 Å². The summed E-state index contributed by atoms with van der Waals surface area (Å²) in [5.41, 5.74) is 8.54. The van der Waals surface area contributed by atoms with Crippen LogP contribution in [0.1, 0.15) is 16.7 Å². The topological polar surface area (TPSA) is 72.0 Å². The normalized spacial score (nSPS) is 10.2. The van der Waals surface area contributed by atoms with Crippen LogP contribution in [0.4, 0.5) is 0 Å². The lowest BCUT2D eigenvalue weighted by molar-refractivity contribution is 0.305. The van der Waals surface area contributed by atoms with E-state index < -0.39 is 0 Å². The molecule has 4 heteroatoms. The summed E-state index contributed by atoms with van der Waals surface area (Å²) >= 11 is 0. The number of pyridine rings is 1. The highest BCUT2D eigenvalue weighted by molar-refractivity contribution is 5.79. The fourth-order valence-electron chi connectivity index (χ4n) is 1.79. The minimum absolute atomic E-state index is 0.166. The number of rotatable bonds is 5. The standard InChI is InChI=1S/C15H17N3O/c1-11-6-13(9-18-8-11)10-19-14-4-2-12(3-5-14)7-15(16)17/h2-6,8-9H,7,10H2,1H3,(H3,16,17). The number of hydrogen-bond donors (Lipinski definition) is 2. The molecule has 0 aliphatic rings. The Bertz CT molecular complexity index is 564. The molecule has 3 N–H and O–H groups in total. The minimum Gasteiger partial charge on any atom is -0.489 e. The van der Waals surface area contributed by atoms with Gasteiger partial charge in [-0.25, -0.2) is 0 Å². The number of ether oxygens (including phenoxy) is 1. The first kappa shape index (κ1) is 13.1. The van der Waals surface area contributed by atoms with Gasteiger partial charge in [-0.15, -0.1) is 0 Å². The predicted molar refractivity (Wildman–Crippen MR) is 75.4 cm³/mol. The van der Waals surface area contributed by atoms with Crippen LogP contribution in [0.15, 0.2) is 42.7 Å². The van der Waals surface area contributed by atoms with E-state index in [1.165, 1.54) is 0 Å². The van der Waals surface area contributed by atoms with Crippen LogP contribution in [0, 0.1) is 12.3 Å². The smallest absolute Gasteiger partial charge is 0.119 e. The van der Waals surface area contributed by atoms with Crippen molar-refractivity contribution in [3.63, 3.8) is 0 Å². The molecule has 0 saturated carbocycles. The van der Waals surface area contributed by atoms with E-state index in [-0.39, 0.29) is 5.84 Å². The summed E-state index contributed by atoms with van der Waals surface area (Å²) < 4.78 is 5.68. The summed E-state index contributed by atoms with van der Waals surface area (Å²) in [6.45, 7) is 2.51. The zero-order valence-corrected chi connectivity index (χ0v) is 10.9. The molecular formula is C15H17N3O. The van der Waals surface area contributed by atoms with Crippen molar-refractivity contribution in [2.24, 2.45) is 5.73 Å². The summed E-state index contributed by atoms with van der Waals surface area (Å²) in [7, 11) is 0. The first-order chi connectivity index (χ1) is 9.13. The highest BCUT2D eigenvalue weighted by Gasteiger charge is 1.99. The Kier molecular flexibility index (Phi) is 4.13. The lowest BCUT2D eigenvalue weighted by atomic mass is 10.1. The van der Waals surface area contributed by atoms with Crippen LogP contribution in [0.5, 0.6) is 5.75 Å². The molecule has 1 aromatic heterocycles. The van der Waals surface area contributed by atoms with Crippen molar-refractivity contribution in [2.75, 3.05) is 0 Å². The molecule has 0 saturated heterocycles. The lowest BCUT2D eigenvalue weighted by Crippen LogP contribution is -2.12. The Labute approximate surface area is 112 Å². The van der Waals surface area contributed by atoms with E-state index in [0.717, 1.165) is 22.4 Å². The molecule has 2 rings (SSSR count). The summed E-state index contributed by atoms with van der Waals surface area (Å²) in [4.78, 5) is 4.13. The number of benzene rings is 1. The Hall–Kier alpha value is -2.36. The number of amidine groups is 1. The molecule has 4 nitrogen and oxygen atoms in total. The highest BCUT2D eigenvalue weighted by atomic mass is 16.5. The van der Waals surface area contributed by atoms with Gasteiger partial charge in [-0.05, 0) is 36.2 Å². The molecule has 2 aromatic rings. The van der Waals surface area contributed by atoms with Gasteiger partial charge in [0.05, 0.1) is 5.84 Å². The van der Waals surface area contributed by atoms with Crippen molar-refractivity contribution in [1.29, 1.82) is 5.41 Å². The first-order valence-corrected chi connectivity index (χ1v) is 6.08. The molecule has 0 aliphatic heterocycles. The second-order valence-electron chi connectivity index (χ2n) is 4.51. The van der Waals surface area contributed by atoms with Gasteiger partial charge in [-0.3, -0.25) is 10.4 Å². The molecule has 1 aromatic carbocycles. The molecule has 0 fully saturated rings. The number of hydrogen-bond acceptors (Lipinski definition) is 3. The second-order valence-corrected chi connectivity index (χ2v) is 4.51. The quantitative estimate of drug-likeness (QED) is 0.636. The third-order valence-electron chi connectivity index (χ3n) is 2.66. The van der Waals surface area contributed by atoms with Crippen molar-refractivity contribution in [2.45, 2.75) is 20.0 Å². The number of nitrogens with zero attached hydrogens (tertiary/aromatic N) is 1. The SMILES string of the molecule is Cc1cncc(COc2ccc(CC(=N)N)cc2)c1. The Morgan fingerprint density at radius 1 is 1.21 bits per heavy atom. The maximum Gasteiger partial charge on any atom is 0.119 e. The van der Waals surface area contributed by atoms with E-state index in [0.29, 0.717) is 13.0 Å². The van der Waals surface area contributed by atoms with E-state index in [4.69, 9.17) is 15.9 Å². The van der Waals surface area contributed by atoms with Gasteiger partial charge in [0.2, 0.25) is 0 Å². The van der Waals surface area contributed by atoms with Crippen molar-refractivity contribution in [3.8, 4) is 5.75 Å². The number of nitrogens with two attached hydrogens (primary N) is 1. The van der Waals surface area contributed by atoms with Crippen LogP contribution in [0.2, 0.25) is 0 Å². The lowest BCUT2D eigenvalue weighted by Gasteiger charge is -2.07. The molecule has 98 valence electrons. The van der Waals surface area contributed by atoms with E-state index >= 15 is 0 Å². The molecule has 1 heterocycles. The van der Waals surface area contributed by atoms with Crippen LogP contribution in [0.25, 0.3) is 0 Å². The average molecular weight is 255 g/mol. The molecular weight excluding hydrogens is 238 g/mol. The Morgan fingerprint density at radius 3 is 2.58 bits per heavy atom. The van der Waals surface area contributed by atoms with Gasteiger partial charge in [-0.1, -0.05) is 12.1 Å². The monoisotopic (exact) mass is 255 g/mol. The third kappa shape index (κ3) is 4.10. The maximum atomic E-state index is 7.24. The van der Waals surface area contributed by atoms with Gasteiger partial charge in [0.1, 0.15) is 12.4 Å². The van der Waals surface area contributed by atoms with Crippen LogP contribution in [-0.2, 0) is 13.0 Å². The first-order valence-electron chi connectivity index (χ1n) is 6.08. The fraction of sp³-hybridized carbons (Fsp3) is 0.200. The largest absolute Gasteiger partial charge is 0.489 e. The number of aromatic nitrogens is 1. The minimum atomic E-state index is 0.166. The van der Waals surface area contributed by atoms with Crippen LogP contribution in [0.3, 0.4) is 0 Å². The van der Waals surface area contributed by atoms with Crippen LogP contribution < -0.4 is 10.5 Å². The van der Waals surface area contributed by atoms with Gasteiger partial charge >= 0.3 is 0 Å². The molecule has 0 bridgehead atoms. The number of nitrogens with one attached hydrogen (secondary N) is 1. The molecule has 0 amide bonds. The predicted octanol–water partition coefficient (Wildman–Crippen LogP) is 2.45. The fourth-order valence-corrected chi connectivity index (χ4v) is 1.79. The molecule has 0 spiro atoms. The van der Waals surface area contributed by atoms with E-state index in [9.17, 15) is 0 Å². The average Bonchev–Trinajstić information content (AvgIpc) is 2.37. The van der Waals surface area contributed by atoms with Crippen molar-refractivity contribution in [3.05, 3.63) is 59.4 Å². The van der Waals surface area contributed by atoms with E-state index in [2.05, 4.69) is 11.1 Å². The summed E-state index contributed by atoms with van der Waals surface area (Å²) in [6, 6.07) is 9.68. The van der Waals surface area contributed by atoms with Crippen molar-refractivity contribution < 1.29 is 4.74 Å². The molecule has 0 aliphatic carbocycles. The Balaban J connectivity index is 1.94. The van der Waals surface area contributed by atoms with E-state index in [1.807, 2.05) is 37.4 Å². The summed E-state index contributed by atoms with van der Waals surface area (Å²) in [5, 5.41) is 7.24. The van der Waals surface area contributed by atoms with E-state index in [1.54, 1.807) is 6.20 Å². The van der Waals surface area contributed by atoms with Crippen LogP contribution >= 0.6 is 0 Å². The highest BCUT2D eigenvalue weighted by Crippen LogP contribution is 2.14. The van der Waals surface area contributed by atoms with Crippen LogP contribution in [-0.4, -0.2) is 10.8 Å². The zero-order valence-electron chi connectivity index (χ0n) is 10.9. The van der Waals surface area contributed by atoms with Gasteiger partial charge in [0.15, 0.2) is 0 Å². The molecule has 19 heavy (non-hydrogen) atoms. The molecule has 0 atom stereocenters.